The van der Waals surface area contributed by atoms with Crippen LogP contribution in [0.25, 0.3) is 0 Å². The average Bonchev–Trinajstić information content (AvgIpc) is 2.65. The Hall–Kier alpha value is -1.90. The van der Waals surface area contributed by atoms with Crippen molar-refractivity contribution < 1.29 is 4.74 Å². The first-order chi connectivity index (χ1) is 12.2. The van der Waals surface area contributed by atoms with E-state index in [-0.39, 0.29) is 0 Å². The molecule has 3 heteroatoms. The average molecular weight is 367 g/mol. The van der Waals surface area contributed by atoms with Crippen molar-refractivity contribution in [2.45, 2.75) is 29.1 Å². The van der Waals surface area contributed by atoms with E-state index in [2.05, 4.69) is 55.5 Å². The van der Waals surface area contributed by atoms with E-state index in [4.69, 9.17) is 16.3 Å². The molecule has 0 bridgehead atoms. The second-order valence-corrected chi connectivity index (χ2v) is 7.86. The second kappa shape index (κ2) is 6.78. The molecule has 0 spiro atoms. The molecule has 0 fully saturated rings. The normalized spacial score (nSPS) is 13.7. The van der Waals surface area contributed by atoms with Gasteiger partial charge in [-0.1, -0.05) is 66.7 Å². The van der Waals surface area contributed by atoms with E-state index in [0.717, 1.165) is 12.2 Å². The molecule has 1 atom stereocenters. The lowest BCUT2D eigenvalue weighted by Gasteiger charge is -2.21. The van der Waals surface area contributed by atoms with Crippen LogP contribution in [-0.4, -0.2) is 7.11 Å². The molecule has 1 heterocycles. The van der Waals surface area contributed by atoms with Gasteiger partial charge in [0.1, 0.15) is 5.75 Å². The highest BCUT2D eigenvalue weighted by Gasteiger charge is 2.18. The number of hydrogen-bond acceptors (Lipinski definition) is 2. The quantitative estimate of drug-likeness (QED) is 0.406. The molecule has 4 rings (SSSR count). The molecule has 0 saturated heterocycles. The van der Waals surface area contributed by atoms with Crippen LogP contribution in [0, 0.1) is 0 Å². The molecule has 25 heavy (non-hydrogen) atoms. The predicted molar refractivity (Wildman–Crippen MR) is 105 cm³/mol. The van der Waals surface area contributed by atoms with Crippen LogP contribution in [0.1, 0.15) is 35.1 Å². The van der Waals surface area contributed by atoms with Gasteiger partial charge in [0.05, 0.1) is 12.1 Å². The van der Waals surface area contributed by atoms with Crippen molar-refractivity contribution in [3.63, 3.8) is 0 Å². The van der Waals surface area contributed by atoms with Gasteiger partial charge < -0.3 is 4.74 Å². The first-order valence-corrected chi connectivity index (χ1v) is 9.57. The zero-order valence-electron chi connectivity index (χ0n) is 14.3. The number of hydrogen-bond donors (Lipinski definition) is 0. The summed E-state index contributed by atoms with van der Waals surface area (Å²) in [6.07, 6.45) is 1.00. The Labute approximate surface area is 158 Å². The lowest BCUT2D eigenvalue weighted by atomic mass is 9.90. The van der Waals surface area contributed by atoms with E-state index < -0.39 is 0 Å². The summed E-state index contributed by atoms with van der Waals surface area (Å²) in [5, 5.41) is 0.650. The fourth-order valence-electron chi connectivity index (χ4n) is 3.32. The largest absolute Gasteiger partial charge is 0.495 e. The summed E-state index contributed by atoms with van der Waals surface area (Å²) in [7, 11) is 1.66. The Bertz CT molecular complexity index is 935. The van der Waals surface area contributed by atoms with Crippen LogP contribution < -0.4 is 4.74 Å². The molecule has 1 aliphatic heterocycles. The Balaban J connectivity index is 1.66. The van der Waals surface area contributed by atoms with Crippen molar-refractivity contribution in [3.05, 3.63) is 87.9 Å². The number of benzene rings is 3. The smallest absolute Gasteiger partial charge is 0.137 e. The molecule has 1 aliphatic rings. The monoisotopic (exact) mass is 366 g/mol. The fraction of sp³-hybridized carbons (Fsp3) is 0.182. The first-order valence-electron chi connectivity index (χ1n) is 8.37. The van der Waals surface area contributed by atoms with Crippen LogP contribution in [0.3, 0.4) is 0 Å². The number of fused-ring (bicyclic) bond motifs is 2. The summed E-state index contributed by atoms with van der Waals surface area (Å²) < 4.78 is 5.37. The molecule has 1 nitrogen and oxygen atoms in total. The summed E-state index contributed by atoms with van der Waals surface area (Å²) in [5.41, 5.74) is 5.36. The summed E-state index contributed by atoms with van der Waals surface area (Å²) in [5.74, 6) is 1.02. The van der Waals surface area contributed by atoms with Crippen molar-refractivity contribution in [1.82, 2.24) is 0 Å². The molecular formula is C22H19ClOS. The van der Waals surface area contributed by atoms with Gasteiger partial charge in [-0.15, -0.1) is 0 Å². The number of methoxy groups -OCH3 is 1. The molecule has 3 aromatic carbocycles. The Morgan fingerprint density at radius 2 is 1.64 bits per heavy atom. The van der Waals surface area contributed by atoms with E-state index in [1.807, 2.05) is 23.9 Å². The van der Waals surface area contributed by atoms with Gasteiger partial charge in [0.2, 0.25) is 0 Å². The third-order valence-corrected chi connectivity index (χ3v) is 6.38. The minimum absolute atomic E-state index is 0.290. The Morgan fingerprint density at radius 1 is 0.920 bits per heavy atom. The van der Waals surface area contributed by atoms with Crippen molar-refractivity contribution in [1.29, 1.82) is 0 Å². The Kier molecular flexibility index (Phi) is 4.49. The number of halogens is 1. The fourth-order valence-corrected chi connectivity index (χ4v) is 4.57. The van der Waals surface area contributed by atoms with Crippen LogP contribution in [-0.2, 0) is 6.42 Å². The summed E-state index contributed by atoms with van der Waals surface area (Å²) in [6.45, 7) is 2.23. The van der Waals surface area contributed by atoms with Crippen molar-refractivity contribution >= 4 is 23.4 Å². The molecule has 0 N–H and O–H groups in total. The van der Waals surface area contributed by atoms with Gasteiger partial charge in [-0.3, -0.25) is 0 Å². The maximum atomic E-state index is 6.16. The van der Waals surface area contributed by atoms with E-state index >= 15 is 0 Å². The highest BCUT2D eigenvalue weighted by atomic mass is 35.5. The van der Waals surface area contributed by atoms with E-state index in [0.29, 0.717) is 10.9 Å². The number of rotatable bonds is 3. The van der Waals surface area contributed by atoms with Gasteiger partial charge in [0, 0.05) is 15.7 Å². The van der Waals surface area contributed by atoms with Crippen molar-refractivity contribution in [3.8, 4) is 5.75 Å². The lowest BCUT2D eigenvalue weighted by Crippen LogP contribution is -2.03. The summed E-state index contributed by atoms with van der Waals surface area (Å²) in [6, 6.07) is 21.6. The van der Waals surface area contributed by atoms with Gasteiger partial charge >= 0.3 is 0 Å². The molecule has 1 unspecified atom stereocenters. The predicted octanol–water partition coefficient (Wildman–Crippen LogP) is 6.56. The maximum absolute atomic E-state index is 6.16. The molecule has 0 saturated carbocycles. The topological polar surface area (TPSA) is 9.23 Å². The molecule has 0 amide bonds. The third-order valence-electron chi connectivity index (χ3n) is 4.83. The molecule has 0 aromatic heterocycles. The number of ether oxygens (including phenoxy) is 1. The van der Waals surface area contributed by atoms with Gasteiger partial charge in [0.15, 0.2) is 0 Å². The zero-order valence-corrected chi connectivity index (χ0v) is 15.8. The van der Waals surface area contributed by atoms with Gasteiger partial charge in [0.25, 0.3) is 0 Å². The van der Waals surface area contributed by atoms with Gasteiger partial charge in [-0.2, -0.15) is 0 Å². The Morgan fingerprint density at radius 3 is 2.48 bits per heavy atom. The van der Waals surface area contributed by atoms with Crippen molar-refractivity contribution in [2.75, 3.05) is 7.11 Å². The highest BCUT2D eigenvalue weighted by Crippen LogP contribution is 2.41. The molecular weight excluding hydrogens is 348 g/mol. The zero-order chi connectivity index (χ0) is 17.4. The summed E-state index contributed by atoms with van der Waals surface area (Å²) >= 11 is 8.03. The first kappa shape index (κ1) is 16.6. The van der Waals surface area contributed by atoms with Crippen LogP contribution in [0.15, 0.2) is 70.5 Å². The van der Waals surface area contributed by atoms with E-state index in [9.17, 15) is 0 Å². The minimum atomic E-state index is 0.290. The SMILES string of the molecule is COc1cc(C(C)c2ccc3c(c2)Cc2ccccc2S3)ccc1Cl. The van der Waals surface area contributed by atoms with Crippen molar-refractivity contribution in [2.24, 2.45) is 0 Å². The second-order valence-electron chi connectivity index (χ2n) is 6.37. The van der Waals surface area contributed by atoms with Crippen LogP contribution in [0.4, 0.5) is 0 Å². The van der Waals surface area contributed by atoms with Crippen LogP contribution in [0.2, 0.25) is 5.02 Å². The standard InChI is InChI=1S/C22H19ClOS/c1-14(16-7-9-19(23)20(13-16)24-2)15-8-10-22-18(11-15)12-17-5-3-4-6-21(17)25-22/h3-11,13-14H,12H2,1-2H3. The summed E-state index contributed by atoms with van der Waals surface area (Å²) in [4.78, 5) is 2.74. The maximum Gasteiger partial charge on any atom is 0.137 e. The molecule has 126 valence electrons. The van der Waals surface area contributed by atoms with Gasteiger partial charge in [-0.25, -0.2) is 0 Å². The molecule has 3 aromatic rings. The van der Waals surface area contributed by atoms with Crippen LogP contribution >= 0.6 is 23.4 Å². The minimum Gasteiger partial charge on any atom is -0.495 e. The van der Waals surface area contributed by atoms with E-state index in [1.54, 1.807) is 7.11 Å². The van der Waals surface area contributed by atoms with Gasteiger partial charge in [-0.05, 0) is 52.9 Å². The van der Waals surface area contributed by atoms with E-state index in [1.165, 1.54) is 32.0 Å². The highest BCUT2D eigenvalue weighted by molar-refractivity contribution is 7.99. The third kappa shape index (κ3) is 3.17. The molecule has 0 aliphatic carbocycles. The van der Waals surface area contributed by atoms with Crippen LogP contribution in [0.5, 0.6) is 5.75 Å². The lowest BCUT2D eigenvalue weighted by molar-refractivity contribution is 0.414. The molecule has 0 radical (unpaired) electrons.